The largest absolute Gasteiger partial charge is 0.461 e. The van der Waals surface area contributed by atoms with E-state index in [1.165, 1.54) is 7.11 Å². The Kier molecular flexibility index (Phi) is 8.62. The molecule has 138 valence electrons. The lowest BCUT2D eigenvalue weighted by molar-refractivity contribution is 0.0176. The number of hydrogen-bond acceptors (Lipinski definition) is 6. The fourth-order valence-corrected chi connectivity index (χ4v) is 3.16. The number of nitrogens with zero attached hydrogens (tertiary/aromatic N) is 1. The fraction of sp³-hybridized carbons (Fsp3) is 0.765. The van der Waals surface area contributed by atoms with Crippen molar-refractivity contribution in [2.24, 2.45) is 0 Å². The molecule has 0 aromatic heterocycles. The molecule has 1 aliphatic heterocycles. The molecular formula is C17H29NO5S. The van der Waals surface area contributed by atoms with Gasteiger partial charge in [-0.25, -0.2) is 9.59 Å². The summed E-state index contributed by atoms with van der Waals surface area (Å²) in [6, 6.07) is -0.103. The topological polar surface area (TPSA) is 65.1 Å². The molecule has 1 fully saturated rings. The molecule has 0 bridgehead atoms. The van der Waals surface area contributed by atoms with Gasteiger partial charge in [0.15, 0.2) is 0 Å². The summed E-state index contributed by atoms with van der Waals surface area (Å²) in [5.41, 5.74) is -0.556. The lowest BCUT2D eigenvalue weighted by Gasteiger charge is -2.28. The number of allylic oxidation sites excluding steroid dienone is 1. The van der Waals surface area contributed by atoms with Crippen molar-refractivity contribution in [1.82, 2.24) is 4.90 Å². The van der Waals surface area contributed by atoms with Gasteiger partial charge in [-0.1, -0.05) is 6.08 Å². The number of rotatable bonds is 7. The van der Waals surface area contributed by atoms with E-state index in [4.69, 9.17) is 9.47 Å². The van der Waals surface area contributed by atoms with Crippen molar-refractivity contribution in [3.63, 3.8) is 0 Å². The van der Waals surface area contributed by atoms with Crippen molar-refractivity contribution in [3.05, 3.63) is 12.7 Å². The van der Waals surface area contributed by atoms with Crippen LogP contribution < -0.4 is 0 Å². The van der Waals surface area contributed by atoms with Gasteiger partial charge in [-0.2, -0.15) is 0 Å². The summed E-state index contributed by atoms with van der Waals surface area (Å²) in [5, 5.41) is -0.352. The van der Waals surface area contributed by atoms with Crippen LogP contribution in [0.15, 0.2) is 12.7 Å². The highest BCUT2D eigenvalue weighted by molar-refractivity contribution is 8.13. The van der Waals surface area contributed by atoms with Crippen LogP contribution in [-0.4, -0.2) is 60.1 Å². The molecule has 0 aliphatic carbocycles. The Morgan fingerprint density at radius 3 is 2.67 bits per heavy atom. The molecule has 0 spiro atoms. The number of amides is 1. The molecule has 7 heteroatoms. The maximum Gasteiger partial charge on any atom is 0.410 e. The monoisotopic (exact) mass is 359 g/mol. The highest BCUT2D eigenvalue weighted by Crippen LogP contribution is 2.26. The van der Waals surface area contributed by atoms with E-state index in [1.807, 2.05) is 26.8 Å². The molecule has 6 nitrogen and oxygen atoms in total. The summed E-state index contributed by atoms with van der Waals surface area (Å²) in [6.07, 6.45) is 3.97. The zero-order valence-corrected chi connectivity index (χ0v) is 15.9. The molecule has 1 saturated heterocycles. The second-order valence-electron chi connectivity index (χ2n) is 6.71. The second-order valence-corrected chi connectivity index (χ2v) is 7.67. The van der Waals surface area contributed by atoms with Crippen LogP contribution in [0.25, 0.3) is 0 Å². The fourth-order valence-electron chi connectivity index (χ4n) is 2.40. The van der Waals surface area contributed by atoms with Crippen LogP contribution >= 0.6 is 11.8 Å². The third kappa shape index (κ3) is 7.57. The van der Waals surface area contributed by atoms with Crippen molar-refractivity contribution >= 4 is 23.2 Å². The Hall–Kier alpha value is -1.21. The predicted molar refractivity (Wildman–Crippen MR) is 95.4 cm³/mol. The molecule has 1 aliphatic rings. The second kappa shape index (κ2) is 9.93. The SMILES string of the molecule is C=CCCCOC1CC(CSC(=O)OC)N(C(=O)OC(C)(C)C)C1. The first-order chi connectivity index (χ1) is 11.3. The lowest BCUT2D eigenvalue weighted by Crippen LogP contribution is -2.41. The molecular weight excluding hydrogens is 330 g/mol. The average molecular weight is 359 g/mol. The van der Waals surface area contributed by atoms with E-state index in [2.05, 4.69) is 11.3 Å². The highest BCUT2D eigenvalue weighted by atomic mass is 32.2. The molecule has 2 atom stereocenters. The van der Waals surface area contributed by atoms with E-state index < -0.39 is 5.60 Å². The van der Waals surface area contributed by atoms with Crippen molar-refractivity contribution in [1.29, 1.82) is 0 Å². The van der Waals surface area contributed by atoms with Gasteiger partial charge in [0, 0.05) is 18.4 Å². The van der Waals surface area contributed by atoms with Gasteiger partial charge in [-0.05, 0) is 51.8 Å². The number of carbonyl (C=O) groups is 2. The minimum atomic E-state index is -0.556. The van der Waals surface area contributed by atoms with Gasteiger partial charge >= 0.3 is 11.4 Å². The van der Waals surface area contributed by atoms with Crippen LogP contribution in [0.2, 0.25) is 0 Å². The van der Waals surface area contributed by atoms with E-state index in [1.54, 1.807) is 4.90 Å². The summed E-state index contributed by atoms with van der Waals surface area (Å²) in [6.45, 7) is 10.3. The van der Waals surface area contributed by atoms with Crippen LogP contribution in [0.4, 0.5) is 9.59 Å². The van der Waals surface area contributed by atoms with Crippen molar-refractivity contribution in [2.75, 3.05) is 26.0 Å². The third-order valence-electron chi connectivity index (χ3n) is 3.47. The van der Waals surface area contributed by atoms with Crippen LogP contribution in [0.1, 0.15) is 40.0 Å². The third-order valence-corrected chi connectivity index (χ3v) is 4.42. The minimum Gasteiger partial charge on any atom is -0.461 e. The van der Waals surface area contributed by atoms with Crippen molar-refractivity contribution < 1.29 is 23.8 Å². The quantitative estimate of drug-likeness (QED) is 0.391. The van der Waals surface area contributed by atoms with Crippen LogP contribution in [0, 0.1) is 0 Å². The van der Waals surface area contributed by atoms with Crippen LogP contribution in [-0.2, 0) is 14.2 Å². The number of thioether (sulfide) groups is 1. The molecule has 0 aromatic carbocycles. The van der Waals surface area contributed by atoms with Gasteiger partial charge in [0.25, 0.3) is 0 Å². The Balaban J connectivity index is 2.62. The van der Waals surface area contributed by atoms with Gasteiger partial charge in [0.05, 0.1) is 19.8 Å². The first kappa shape index (κ1) is 20.8. The normalized spacial score (nSPS) is 20.8. The summed E-state index contributed by atoms with van der Waals surface area (Å²) < 4.78 is 16.0. The maximum atomic E-state index is 12.4. The van der Waals surface area contributed by atoms with E-state index in [9.17, 15) is 9.59 Å². The molecule has 1 heterocycles. The van der Waals surface area contributed by atoms with Gasteiger partial charge in [-0.3, -0.25) is 0 Å². The zero-order chi connectivity index (χ0) is 18.2. The Morgan fingerprint density at radius 2 is 2.08 bits per heavy atom. The zero-order valence-electron chi connectivity index (χ0n) is 15.1. The number of ether oxygens (including phenoxy) is 3. The Labute approximate surface area is 148 Å². The van der Waals surface area contributed by atoms with E-state index in [-0.39, 0.29) is 23.5 Å². The first-order valence-corrected chi connectivity index (χ1v) is 9.18. The summed E-state index contributed by atoms with van der Waals surface area (Å²) in [4.78, 5) is 25.4. The number of hydrogen-bond donors (Lipinski definition) is 0. The van der Waals surface area contributed by atoms with E-state index in [0.717, 1.165) is 24.6 Å². The average Bonchev–Trinajstić information content (AvgIpc) is 2.91. The van der Waals surface area contributed by atoms with Gasteiger partial charge in [0.2, 0.25) is 0 Å². The molecule has 2 unspecified atom stereocenters. The number of methoxy groups -OCH3 is 1. The van der Waals surface area contributed by atoms with E-state index >= 15 is 0 Å². The van der Waals surface area contributed by atoms with Crippen LogP contribution in [0.5, 0.6) is 0 Å². The molecule has 1 amide bonds. The molecule has 0 N–H and O–H groups in total. The number of carbonyl (C=O) groups excluding carboxylic acids is 2. The summed E-state index contributed by atoms with van der Waals surface area (Å²) in [7, 11) is 1.35. The molecule has 0 saturated carbocycles. The Bertz CT molecular complexity index is 435. The maximum absolute atomic E-state index is 12.4. The van der Waals surface area contributed by atoms with E-state index in [0.29, 0.717) is 25.3 Å². The smallest absolute Gasteiger partial charge is 0.410 e. The number of unbranched alkanes of at least 4 members (excludes halogenated alkanes) is 1. The van der Waals surface area contributed by atoms with Crippen molar-refractivity contribution in [3.8, 4) is 0 Å². The van der Waals surface area contributed by atoms with Crippen molar-refractivity contribution in [2.45, 2.75) is 57.8 Å². The number of likely N-dealkylation sites (tertiary alicyclic amines) is 1. The molecule has 0 aromatic rings. The molecule has 24 heavy (non-hydrogen) atoms. The standard InChI is InChI=1S/C17H29NO5S/c1-6-7-8-9-22-14-10-13(12-24-16(20)21-5)18(11-14)15(19)23-17(2,3)4/h6,13-14H,1,7-12H2,2-5H3. The Morgan fingerprint density at radius 1 is 1.38 bits per heavy atom. The predicted octanol–water partition coefficient (Wildman–Crippen LogP) is 3.85. The van der Waals surface area contributed by atoms with Gasteiger partial charge in [-0.15, -0.1) is 6.58 Å². The minimum absolute atomic E-state index is 0.0365. The first-order valence-electron chi connectivity index (χ1n) is 8.19. The van der Waals surface area contributed by atoms with Gasteiger partial charge < -0.3 is 19.1 Å². The molecule has 1 rings (SSSR count). The lowest BCUT2D eigenvalue weighted by atomic mass is 10.2. The molecule has 0 radical (unpaired) electrons. The highest BCUT2D eigenvalue weighted by Gasteiger charge is 2.38. The summed E-state index contributed by atoms with van der Waals surface area (Å²) in [5.74, 6) is 0.471. The summed E-state index contributed by atoms with van der Waals surface area (Å²) >= 11 is 1.07. The van der Waals surface area contributed by atoms with Gasteiger partial charge in [0.1, 0.15) is 5.60 Å². The van der Waals surface area contributed by atoms with Crippen LogP contribution in [0.3, 0.4) is 0 Å².